The number of rotatable bonds is 5. The van der Waals surface area contributed by atoms with Crippen LogP contribution in [0.15, 0.2) is 24.8 Å². The van der Waals surface area contributed by atoms with Gasteiger partial charge in [-0.1, -0.05) is 18.2 Å². The number of allylic oxidation sites excluding steroid dienone is 2. The van der Waals surface area contributed by atoms with Gasteiger partial charge in [0.15, 0.2) is 0 Å². The number of hydrogen-bond donors (Lipinski definition) is 0. The lowest BCUT2D eigenvalue weighted by atomic mass is 9.87. The van der Waals surface area contributed by atoms with Crippen molar-refractivity contribution in [1.82, 2.24) is 0 Å². The molecule has 0 aliphatic carbocycles. The summed E-state index contributed by atoms with van der Waals surface area (Å²) in [5.74, 6) is -0.205. The SMILES string of the molecule is C=CC(C)(C/C=C/C)C(=O)OCC. The van der Waals surface area contributed by atoms with Gasteiger partial charge in [0.25, 0.3) is 0 Å². The summed E-state index contributed by atoms with van der Waals surface area (Å²) in [5.41, 5.74) is -0.581. The van der Waals surface area contributed by atoms with Gasteiger partial charge in [-0.15, -0.1) is 6.58 Å². The summed E-state index contributed by atoms with van der Waals surface area (Å²) in [5, 5.41) is 0. The van der Waals surface area contributed by atoms with Crippen LogP contribution in [-0.2, 0) is 9.53 Å². The first-order valence-corrected chi connectivity index (χ1v) is 4.52. The molecule has 0 fully saturated rings. The van der Waals surface area contributed by atoms with Crippen molar-refractivity contribution in [3.63, 3.8) is 0 Å². The van der Waals surface area contributed by atoms with Gasteiger partial charge in [0.05, 0.1) is 12.0 Å². The van der Waals surface area contributed by atoms with E-state index in [1.807, 2.05) is 26.0 Å². The van der Waals surface area contributed by atoms with Gasteiger partial charge in [-0.2, -0.15) is 0 Å². The second-order valence-electron chi connectivity index (χ2n) is 3.12. The number of carbonyl (C=O) groups is 1. The lowest BCUT2D eigenvalue weighted by Crippen LogP contribution is -2.27. The first-order chi connectivity index (χ1) is 6.10. The molecule has 13 heavy (non-hydrogen) atoms. The number of carbonyl (C=O) groups excluding carboxylic acids is 1. The summed E-state index contributed by atoms with van der Waals surface area (Å²) in [6, 6.07) is 0. The molecule has 1 atom stereocenters. The largest absolute Gasteiger partial charge is 0.465 e. The molecule has 0 aromatic heterocycles. The third-order valence-corrected chi connectivity index (χ3v) is 1.97. The van der Waals surface area contributed by atoms with Crippen LogP contribution >= 0.6 is 0 Å². The second-order valence-corrected chi connectivity index (χ2v) is 3.12. The maximum atomic E-state index is 11.5. The molecule has 2 heteroatoms. The van der Waals surface area contributed by atoms with Crippen LogP contribution in [0.1, 0.15) is 27.2 Å². The Balaban J connectivity index is 4.42. The van der Waals surface area contributed by atoms with E-state index in [-0.39, 0.29) is 5.97 Å². The van der Waals surface area contributed by atoms with E-state index >= 15 is 0 Å². The molecule has 0 rings (SSSR count). The van der Waals surface area contributed by atoms with Crippen LogP contribution in [0.2, 0.25) is 0 Å². The van der Waals surface area contributed by atoms with Crippen molar-refractivity contribution in [3.8, 4) is 0 Å². The summed E-state index contributed by atoms with van der Waals surface area (Å²) in [6.45, 7) is 9.63. The quantitative estimate of drug-likeness (QED) is 0.482. The highest BCUT2D eigenvalue weighted by atomic mass is 16.5. The minimum absolute atomic E-state index is 0.205. The molecule has 0 amide bonds. The number of hydrogen-bond acceptors (Lipinski definition) is 2. The highest BCUT2D eigenvalue weighted by Gasteiger charge is 2.29. The van der Waals surface area contributed by atoms with Crippen molar-refractivity contribution in [3.05, 3.63) is 24.8 Å². The average molecular weight is 182 g/mol. The van der Waals surface area contributed by atoms with E-state index < -0.39 is 5.41 Å². The zero-order chi connectivity index (χ0) is 10.3. The van der Waals surface area contributed by atoms with E-state index in [0.717, 1.165) is 0 Å². The van der Waals surface area contributed by atoms with Gasteiger partial charge >= 0.3 is 5.97 Å². The van der Waals surface area contributed by atoms with Gasteiger partial charge < -0.3 is 4.74 Å². The van der Waals surface area contributed by atoms with Crippen molar-refractivity contribution in [2.24, 2.45) is 5.41 Å². The van der Waals surface area contributed by atoms with E-state index in [1.165, 1.54) is 0 Å². The monoisotopic (exact) mass is 182 g/mol. The lowest BCUT2D eigenvalue weighted by Gasteiger charge is -2.21. The van der Waals surface area contributed by atoms with E-state index in [9.17, 15) is 4.79 Å². The van der Waals surface area contributed by atoms with Crippen LogP contribution in [0, 0.1) is 5.41 Å². The molecule has 0 aliphatic heterocycles. The van der Waals surface area contributed by atoms with Gasteiger partial charge in [0.1, 0.15) is 0 Å². The van der Waals surface area contributed by atoms with Gasteiger partial charge in [-0.05, 0) is 27.2 Å². The summed E-state index contributed by atoms with van der Waals surface area (Å²) in [6.07, 6.45) is 6.15. The predicted molar refractivity (Wildman–Crippen MR) is 54.4 cm³/mol. The molecule has 0 spiro atoms. The minimum Gasteiger partial charge on any atom is -0.465 e. The fourth-order valence-electron chi connectivity index (χ4n) is 0.909. The molecule has 0 saturated heterocycles. The standard InChI is InChI=1S/C11H18O2/c1-5-8-9-11(4,6-2)10(12)13-7-3/h5-6,8H,2,7,9H2,1,3-4H3/b8-5+. The third kappa shape index (κ3) is 3.45. The molecule has 0 bridgehead atoms. The fourth-order valence-corrected chi connectivity index (χ4v) is 0.909. The Morgan fingerprint density at radius 3 is 2.62 bits per heavy atom. The molecule has 0 saturated carbocycles. The van der Waals surface area contributed by atoms with Crippen LogP contribution in [0.4, 0.5) is 0 Å². The van der Waals surface area contributed by atoms with Gasteiger partial charge in [-0.25, -0.2) is 0 Å². The Bertz CT molecular complexity index is 206. The summed E-state index contributed by atoms with van der Waals surface area (Å²) >= 11 is 0. The molecule has 0 N–H and O–H groups in total. The first-order valence-electron chi connectivity index (χ1n) is 4.52. The summed E-state index contributed by atoms with van der Waals surface area (Å²) < 4.78 is 4.95. The maximum Gasteiger partial charge on any atom is 0.315 e. The Hall–Kier alpha value is -1.05. The molecular formula is C11H18O2. The molecule has 0 heterocycles. The number of esters is 1. The average Bonchev–Trinajstić information content (AvgIpc) is 2.14. The molecule has 0 aromatic rings. The lowest BCUT2D eigenvalue weighted by molar-refractivity contribution is -0.151. The van der Waals surface area contributed by atoms with Crippen molar-refractivity contribution in [2.75, 3.05) is 6.61 Å². The van der Waals surface area contributed by atoms with Crippen LogP contribution in [0.25, 0.3) is 0 Å². The second kappa shape index (κ2) is 5.57. The van der Waals surface area contributed by atoms with Crippen LogP contribution in [0.3, 0.4) is 0 Å². The fraction of sp³-hybridized carbons (Fsp3) is 0.545. The van der Waals surface area contributed by atoms with Gasteiger partial charge in [-0.3, -0.25) is 4.79 Å². The minimum atomic E-state index is -0.581. The van der Waals surface area contributed by atoms with Gasteiger partial charge in [0, 0.05) is 0 Å². The van der Waals surface area contributed by atoms with E-state index in [1.54, 1.807) is 13.0 Å². The van der Waals surface area contributed by atoms with Crippen LogP contribution in [-0.4, -0.2) is 12.6 Å². The Labute approximate surface area is 80.3 Å². The van der Waals surface area contributed by atoms with Crippen molar-refractivity contribution < 1.29 is 9.53 Å². The molecule has 1 unspecified atom stereocenters. The molecule has 0 aliphatic rings. The normalized spacial score (nSPS) is 15.3. The van der Waals surface area contributed by atoms with Crippen LogP contribution in [0.5, 0.6) is 0 Å². The maximum absolute atomic E-state index is 11.5. The molecule has 0 radical (unpaired) electrons. The smallest absolute Gasteiger partial charge is 0.315 e. The first kappa shape index (κ1) is 11.9. The van der Waals surface area contributed by atoms with Crippen molar-refractivity contribution in [1.29, 1.82) is 0 Å². The predicted octanol–water partition coefficient (Wildman–Crippen LogP) is 2.71. The third-order valence-electron chi connectivity index (χ3n) is 1.97. The van der Waals surface area contributed by atoms with E-state index in [0.29, 0.717) is 13.0 Å². The Kier molecular flexibility index (Phi) is 5.12. The van der Waals surface area contributed by atoms with Crippen molar-refractivity contribution in [2.45, 2.75) is 27.2 Å². The highest BCUT2D eigenvalue weighted by molar-refractivity contribution is 5.78. The Morgan fingerprint density at radius 1 is 1.62 bits per heavy atom. The summed E-state index contributed by atoms with van der Waals surface area (Å²) in [4.78, 5) is 11.5. The van der Waals surface area contributed by atoms with Gasteiger partial charge in [0.2, 0.25) is 0 Å². The molecule has 0 aromatic carbocycles. The molecule has 74 valence electrons. The molecular weight excluding hydrogens is 164 g/mol. The van der Waals surface area contributed by atoms with Crippen molar-refractivity contribution >= 4 is 5.97 Å². The van der Waals surface area contributed by atoms with E-state index in [4.69, 9.17) is 4.74 Å². The van der Waals surface area contributed by atoms with Crippen LogP contribution < -0.4 is 0 Å². The Morgan fingerprint density at radius 2 is 2.23 bits per heavy atom. The number of ether oxygens (including phenoxy) is 1. The zero-order valence-electron chi connectivity index (χ0n) is 8.67. The zero-order valence-corrected chi connectivity index (χ0v) is 8.67. The highest BCUT2D eigenvalue weighted by Crippen LogP contribution is 2.25. The topological polar surface area (TPSA) is 26.3 Å². The molecule has 2 nitrogen and oxygen atoms in total. The summed E-state index contributed by atoms with van der Waals surface area (Å²) in [7, 11) is 0. The van der Waals surface area contributed by atoms with E-state index in [2.05, 4.69) is 6.58 Å².